The summed E-state index contributed by atoms with van der Waals surface area (Å²) in [6.07, 6.45) is 4.06. The number of piperidine rings is 1. The highest BCUT2D eigenvalue weighted by Gasteiger charge is 2.37. The molecule has 2 rings (SSSR count). The number of β-amino-alcohol motifs (C(OH)–C–C–N with tert-alkyl or cyclic N) is 1. The lowest BCUT2D eigenvalue weighted by atomic mass is 10.1. The summed E-state index contributed by atoms with van der Waals surface area (Å²) in [5.74, 6) is 0.957. The molecule has 2 aliphatic rings. The van der Waals surface area contributed by atoms with Crippen LogP contribution in [0, 0.1) is 5.92 Å². The standard InChI is InChI=1S/C9H17NO/c1-7(11)5-10-6-8-2-3-9(10)4-8/h7-9,11H,2-6H2,1H3/t7-,8?,9?/m0/s1. The van der Waals surface area contributed by atoms with E-state index in [0.29, 0.717) is 0 Å². The summed E-state index contributed by atoms with van der Waals surface area (Å²) in [5, 5.41) is 9.20. The molecule has 0 radical (unpaired) electrons. The van der Waals surface area contributed by atoms with Crippen LogP contribution < -0.4 is 0 Å². The number of likely N-dealkylation sites (tertiary alicyclic amines) is 1. The van der Waals surface area contributed by atoms with E-state index in [-0.39, 0.29) is 6.10 Å². The van der Waals surface area contributed by atoms with E-state index in [1.54, 1.807) is 0 Å². The number of hydrogen-bond donors (Lipinski definition) is 1. The smallest absolute Gasteiger partial charge is 0.0639 e. The van der Waals surface area contributed by atoms with Crippen molar-refractivity contribution in [2.75, 3.05) is 13.1 Å². The van der Waals surface area contributed by atoms with Crippen LogP contribution >= 0.6 is 0 Å². The van der Waals surface area contributed by atoms with E-state index >= 15 is 0 Å². The van der Waals surface area contributed by atoms with Gasteiger partial charge in [-0.3, -0.25) is 4.90 Å². The minimum atomic E-state index is -0.144. The molecule has 2 heteroatoms. The van der Waals surface area contributed by atoms with Crippen molar-refractivity contribution in [3.8, 4) is 0 Å². The van der Waals surface area contributed by atoms with Crippen LogP contribution in [0.3, 0.4) is 0 Å². The van der Waals surface area contributed by atoms with Gasteiger partial charge < -0.3 is 5.11 Å². The van der Waals surface area contributed by atoms with Crippen molar-refractivity contribution in [3.05, 3.63) is 0 Å². The average molecular weight is 155 g/mol. The molecule has 1 saturated carbocycles. The van der Waals surface area contributed by atoms with E-state index < -0.39 is 0 Å². The lowest BCUT2D eigenvalue weighted by molar-refractivity contribution is 0.107. The van der Waals surface area contributed by atoms with Gasteiger partial charge in [-0.2, -0.15) is 0 Å². The molecule has 1 aliphatic heterocycles. The molecule has 1 saturated heterocycles. The lowest BCUT2D eigenvalue weighted by Gasteiger charge is -2.27. The molecule has 64 valence electrons. The van der Waals surface area contributed by atoms with Gasteiger partial charge in [-0.05, 0) is 32.1 Å². The number of aliphatic hydroxyl groups is 1. The van der Waals surface area contributed by atoms with E-state index in [4.69, 9.17) is 0 Å². The van der Waals surface area contributed by atoms with Crippen molar-refractivity contribution in [2.45, 2.75) is 38.3 Å². The molecule has 2 fully saturated rings. The Morgan fingerprint density at radius 1 is 1.55 bits per heavy atom. The summed E-state index contributed by atoms with van der Waals surface area (Å²) >= 11 is 0. The van der Waals surface area contributed by atoms with Crippen LogP contribution in [-0.4, -0.2) is 35.2 Å². The van der Waals surface area contributed by atoms with Crippen LogP contribution in [-0.2, 0) is 0 Å². The maximum Gasteiger partial charge on any atom is 0.0639 e. The number of aliphatic hydroxyl groups excluding tert-OH is 1. The van der Waals surface area contributed by atoms with Crippen molar-refractivity contribution in [1.82, 2.24) is 4.90 Å². The Bertz CT molecular complexity index is 146. The van der Waals surface area contributed by atoms with Crippen molar-refractivity contribution in [3.63, 3.8) is 0 Å². The van der Waals surface area contributed by atoms with E-state index in [1.165, 1.54) is 25.8 Å². The highest BCUT2D eigenvalue weighted by atomic mass is 16.3. The fourth-order valence-corrected chi connectivity index (χ4v) is 2.59. The largest absolute Gasteiger partial charge is 0.392 e. The second-order valence-electron chi connectivity index (χ2n) is 4.14. The molecule has 2 unspecified atom stereocenters. The molecule has 0 spiro atoms. The molecule has 2 nitrogen and oxygen atoms in total. The Morgan fingerprint density at radius 3 is 2.82 bits per heavy atom. The van der Waals surface area contributed by atoms with Gasteiger partial charge in [-0.25, -0.2) is 0 Å². The van der Waals surface area contributed by atoms with Crippen LogP contribution in [0.2, 0.25) is 0 Å². The third kappa shape index (κ3) is 1.42. The molecule has 2 bridgehead atoms. The molecule has 1 heterocycles. The molecule has 3 atom stereocenters. The molecule has 11 heavy (non-hydrogen) atoms. The predicted molar refractivity (Wildman–Crippen MR) is 44.4 cm³/mol. The molecule has 1 aliphatic carbocycles. The van der Waals surface area contributed by atoms with E-state index in [0.717, 1.165) is 18.5 Å². The minimum Gasteiger partial charge on any atom is -0.392 e. The quantitative estimate of drug-likeness (QED) is 0.639. The normalized spacial score (nSPS) is 39.8. The Kier molecular flexibility index (Phi) is 1.90. The van der Waals surface area contributed by atoms with Crippen LogP contribution in [0.4, 0.5) is 0 Å². The highest BCUT2D eigenvalue weighted by Crippen LogP contribution is 2.37. The maximum atomic E-state index is 9.20. The molecular formula is C9H17NO. The Labute approximate surface area is 68.2 Å². The topological polar surface area (TPSA) is 23.5 Å². The van der Waals surface area contributed by atoms with Gasteiger partial charge >= 0.3 is 0 Å². The van der Waals surface area contributed by atoms with Crippen LogP contribution in [0.15, 0.2) is 0 Å². The molecular weight excluding hydrogens is 138 g/mol. The zero-order chi connectivity index (χ0) is 7.84. The summed E-state index contributed by atoms with van der Waals surface area (Å²) in [5.41, 5.74) is 0. The highest BCUT2D eigenvalue weighted by molar-refractivity contribution is 4.92. The fraction of sp³-hybridized carbons (Fsp3) is 1.00. The number of nitrogens with zero attached hydrogens (tertiary/aromatic N) is 1. The van der Waals surface area contributed by atoms with Gasteiger partial charge in [0.05, 0.1) is 6.10 Å². The van der Waals surface area contributed by atoms with E-state index in [9.17, 15) is 5.11 Å². The van der Waals surface area contributed by atoms with Gasteiger partial charge in [0, 0.05) is 19.1 Å². The summed E-state index contributed by atoms with van der Waals surface area (Å²) in [4.78, 5) is 2.46. The van der Waals surface area contributed by atoms with Gasteiger partial charge in [-0.15, -0.1) is 0 Å². The third-order valence-corrected chi connectivity index (χ3v) is 3.02. The van der Waals surface area contributed by atoms with Crippen molar-refractivity contribution >= 4 is 0 Å². The van der Waals surface area contributed by atoms with Crippen molar-refractivity contribution < 1.29 is 5.11 Å². The van der Waals surface area contributed by atoms with Gasteiger partial charge in [0.2, 0.25) is 0 Å². The zero-order valence-corrected chi connectivity index (χ0v) is 7.16. The Balaban J connectivity index is 1.87. The van der Waals surface area contributed by atoms with Gasteiger partial charge in [0.1, 0.15) is 0 Å². The molecule has 0 aromatic heterocycles. The monoisotopic (exact) mass is 155 g/mol. The summed E-state index contributed by atoms with van der Waals surface area (Å²) in [6, 6.07) is 0.814. The molecule has 0 aromatic rings. The second-order valence-corrected chi connectivity index (χ2v) is 4.14. The Morgan fingerprint density at radius 2 is 2.36 bits per heavy atom. The van der Waals surface area contributed by atoms with Crippen molar-refractivity contribution in [1.29, 1.82) is 0 Å². The predicted octanol–water partition coefficient (Wildman–Crippen LogP) is 0.852. The first kappa shape index (κ1) is 7.56. The second kappa shape index (κ2) is 2.76. The van der Waals surface area contributed by atoms with Gasteiger partial charge in [-0.1, -0.05) is 0 Å². The summed E-state index contributed by atoms with van der Waals surface area (Å²) in [6.45, 7) is 4.02. The fourth-order valence-electron chi connectivity index (χ4n) is 2.59. The summed E-state index contributed by atoms with van der Waals surface area (Å²) in [7, 11) is 0. The molecule has 0 aromatic carbocycles. The van der Waals surface area contributed by atoms with Gasteiger partial charge in [0.15, 0.2) is 0 Å². The first-order valence-corrected chi connectivity index (χ1v) is 4.68. The first-order chi connectivity index (χ1) is 5.25. The van der Waals surface area contributed by atoms with Gasteiger partial charge in [0.25, 0.3) is 0 Å². The van der Waals surface area contributed by atoms with Crippen LogP contribution in [0.1, 0.15) is 26.2 Å². The zero-order valence-electron chi connectivity index (χ0n) is 7.16. The molecule has 1 N–H and O–H groups in total. The molecule has 0 amide bonds. The van der Waals surface area contributed by atoms with E-state index in [2.05, 4.69) is 4.90 Å². The number of rotatable bonds is 2. The summed E-state index contributed by atoms with van der Waals surface area (Å²) < 4.78 is 0. The minimum absolute atomic E-state index is 0.144. The Hall–Kier alpha value is -0.0800. The van der Waals surface area contributed by atoms with Crippen LogP contribution in [0.25, 0.3) is 0 Å². The third-order valence-electron chi connectivity index (χ3n) is 3.02. The average Bonchev–Trinajstić information content (AvgIpc) is 2.45. The number of hydrogen-bond acceptors (Lipinski definition) is 2. The SMILES string of the molecule is C[C@H](O)CN1CC2CCC1C2. The lowest BCUT2D eigenvalue weighted by Crippen LogP contribution is -2.37. The van der Waals surface area contributed by atoms with Crippen molar-refractivity contribution in [2.24, 2.45) is 5.92 Å². The number of fused-ring (bicyclic) bond motifs is 2. The maximum absolute atomic E-state index is 9.20. The van der Waals surface area contributed by atoms with Crippen LogP contribution in [0.5, 0.6) is 0 Å². The van der Waals surface area contributed by atoms with E-state index in [1.807, 2.05) is 6.92 Å². The first-order valence-electron chi connectivity index (χ1n) is 4.68.